The first-order chi connectivity index (χ1) is 10.6. The lowest BCUT2D eigenvalue weighted by molar-refractivity contribution is -0.137. The molecule has 3 rings (SSSR count). The van der Waals surface area contributed by atoms with Crippen LogP contribution in [0.4, 0.5) is 0 Å². The smallest absolute Gasteiger partial charge is 0.305 e. The molecule has 0 saturated carbocycles. The van der Waals surface area contributed by atoms with Gasteiger partial charge in [-0.05, 0) is 12.8 Å². The molecule has 6 heteroatoms. The van der Waals surface area contributed by atoms with Crippen LogP contribution in [-0.4, -0.2) is 39.5 Å². The molecule has 1 atom stereocenters. The molecule has 1 unspecified atom stereocenters. The summed E-state index contributed by atoms with van der Waals surface area (Å²) in [6, 6.07) is 9.51. The van der Waals surface area contributed by atoms with Crippen molar-refractivity contribution < 1.29 is 14.7 Å². The number of amides is 1. The molecule has 1 aliphatic heterocycles. The number of rotatable bonds is 4. The van der Waals surface area contributed by atoms with Gasteiger partial charge in [0.2, 0.25) is 0 Å². The molecule has 1 saturated heterocycles. The maximum Gasteiger partial charge on any atom is 0.305 e. The summed E-state index contributed by atoms with van der Waals surface area (Å²) in [6.07, 6.45) is 3.21. The molecule has 0 aliphatic carbocycles. The van der Waals surface area contributed by atoms with Crippen LogP contribution in [0.3, 0.4) is 0 Å². The lowest BCUT2D eigenvalue weighted by atomic mass is 10.1. The molecule has 1 amide bonds. The largest absolute Gasteiger partial charge is 0.481 e. The maximum atomic E-state index is 12.6. The lowest BCUT2D eigenvalue weighted by Gasteiger charge is -2.22. The van der Waals surface area contributed by atoms with Crippen molar-refractivity contribution in [2.45, 2.75) is 25.3 Å². The minimum atomic E-state index is -0.862. The van der Waals surface area contributed by atoms with E-state index in [0.717, 1.165) is 23.4 Å². The number of aliphatic carboxylic acids is 1. The van der Waals surface area contributed by atoms with Crippen LogP contribution >= 0.6 is 11.3 Å². The van der Waals surface area contributed by atoms with Crippen molar-refractivity contribution in [2.24, 2.45) is 0 Å². The Morgan fingerprint density at radius 3 is 2.82 bits per heavy atom. The van der Waals surface area contributed by atoms with E-state index in [0.29, 0.717) is 11.4 Å². The Morgan fingerprint density at radius 2 is 2.09 bits per heavy atom. The zero-order valence-electron chi connectivity index (χ0n) is 11.9. The van der Waals surface area contributed by atoms with E-state index in [9.17, 15) is 9.59 Å². The highest BCUT2D eigenvalue weighted by atomic mass is 32.1. The summed E-state index contributed by atoms with van der Waals surface area (Å²) in [7, 11) is 0. The Kier molecular flexibility index (Phi) is 4.20. The van der Waals surface area contributed by atoms with Crippen LogP contribution < -0.4 is 0 Å². The topological polar surface area (TPSA) is 70.5 Å². The molecule has 2 aromatic rings. The zero-order valence-corrected chi connectivity index (χ0v) is 12.8. The molecule has 0 bridgehead atoms. The fourth-order valence-corrected chi connectivity index (χ4v) is 3.62. The monoisotopic (exact) mass is 316 g/mol. The molecule has 0 spiro atoms. The van der Waals surface area contributed by atoms with Crippen LogP contribution in [-0.2, 0) is 4.79 Å². The van der Waals surface area contributed by atoms with Crippen LogP contribution in [0.5, 0.6) is 0 Å². The van der Waals surface area contributed by atoms with Gasteiger partial charge in [-0.2, -0.15) is 0 Å². The number of likely N-dealkylation sites (tertiary alicyclic amines) is 1. The Morgan fingerprint density at radius 1 is 1.32 bits per heavy atom. The van der Waals surface area contributed by atoms with Gasteiger partial charge in [-0.3, -0.25) is 9.59 Å². The SMILES string of the molecule is O=C(O)CC1CCCN1C(=O)c1cnc(-c2ccccc2)s1. The van der Waals surface area contributed by atoms with Gasteiger partial charge in [-0.1, -0.05) is 30.3 Å². The van der Waals surface area contributed by atoms with E-state index in [1.807, 2.05) is 30.3 Å². The highest BCUT2D eigenvalue weighted by molar-refractivity contribution is 7.16. The molecule has 5 nitrogen and oxygen atoms in total. The first-order valence-corrected chi connectivity index (χ1v) is 8.01. The second-order valence-electron chi connectivity index (χ2n) is 5.29. The standard InChI is InChI=1S/C16H16N2O3S/c19-14(20)9-12-7-4-8-18(12)16(21)13-10-17-15(22-13)11-5-2-1-3-6-11/h1-3,5-6,10,12H,4,7-9H2,(H,19,20). The van der Waals surface area contributed by atoms with Gasteiger partial charge in [-0.25, -0.2) is 4.98 Å². The van der Waals surface area contributed by atoms with Crippen molar-refractivity contribution in [3.05, 3.63) is 41.4 Å². The van der Waals surface area contributed by atoms with Crippen LogP contribution in [0.1, 0.15) is 28.9 Å². The molecule has 1 aromatic carbocycles. The van der Waals surface area contributed by atoms with Gasteiger partial charge in [0.1, 0.15) is 9.88 Å². The maximum absolute atomic E-state index is 12.6. The van der Waals surface area contributed by atoms with E-state index < -0.39 is 5.97 Å². The van der Waals surface area contributed by atoms with E-state index in [2.05, 4.69) is 4.98 Å². The number of carboxylic acid groups (broad SMARTS) is 1. The van der Waals surface area contributed by atoms with Crippen molar-refractivity contribution in [1.82, 2.24) is 9.88 Å². The van der Waals surface area contributed by atoms with Gasteiger partial charge < -0.3 is 10.0 Å². The summed E-state index contributed by atoms with van der Waals surface area (Å²) in [4.78, 5) is 30.1. The second-order valence-corrected chi connectivity index (χ2v) is 6.32. The highest BCUT2D eigenvalue weighted by Crippen LogP contribution is 2.28. The van der Waals surface area contributed by atoms with Crippen molar-refractivity contribution in [2.75, 3.05) is 6.54 Å². The fourth-order valence-electron chi connectivity index (χ4n) is 2.75. The minimum absolute atomic E-state index is 0.0100. The molecule has 0 radical (unpaired) electrons. The number of carbonyl (C=O) groups is 2. The number of thiazole rings is 1. The lowest BCUT2D eigenvalue weighted by Crippen LogP contribution is -2.36. The van der Waals surface area contributed by atoms with E-state index in [1.165, 1.54) is 11.3 Å². The normalized spacial score (nSPS) is 17.6. The van der Waals surface area contributed by atoms with Gasteiger partial charge in [0, 0.05) is 18.2 Å². The summed E-state index contributed by atoms with van der Waals surface area (Å²) < 4.78 is 0. The Labute approximate surface area is 132 Å². The van der Waals surface area contributed by atoms with Crippen molar-refractivity contribution in [1.29, 1.82) is 0 Å². The summed E-state index contributed by atoms with van der Waals surface area (Å²) in [5.41, 5.74) is 0.982. The van der Waals surface area contributed by atoms with Gasteiger partial charge in [-0.15, -0.1) is 11.3 Å². The van der Waals surface area contributed by atoms with Crippen LogP contribution in [0, 0.1) is 0 Å². The number of hydrogen-bond donors (Lipinski definition) is 1. The summed E-state index contributed by atoms with van der Waals surface area (Å²) in [5, 5.41) is 9.75. The van der Waals surface area contributed by atoms with Gasteiger partial charge >= 0.3 is 5.97 Å². The molecule has 1 fully saturated rings. The average molecular weight is 316 g/mol. The number of benzene rings is 1. The number of aromatic nitrogens is 1. The molecule has 1 N–H and O–H groups in total. The van der Waals surface area contributed by atoms with Crippen LogP contribution in [0.25, 0.3) is 10.6 Å². The third kappa shape index (κ3) is 3.01. The summed E-state index contributed by atoms with van der Waals surface area (Å²) in [6.45, 7) is 0.620. The van der Waals surface area contributed by atoms with Gasteiger partial charge in [0.15, 0.2) is 0 Å². The quantitative estimate of drug-likeness (QED) is 0.941. The first kappa shape index (κ1) is 14.7. The highest BCUT2D eigenvalue weighted by Gasteiger charge is 2.31. The predicted molar refractivity (Wildman–Crippen MR) is 83.9 cm³/mol. The van der Waals surface area contributed by atoms with Gasteiger partial charge in [0.25, 0.3) is 5.91 Å². The number of hydrogen-bond acceptors (Lipinski definition) is 4. The predicted octanol–water partition coefficient (Wildman–Crippen LogP) is 2.89. The Balaban J connectivity index is 1.78. The third-order valence-corrected chi connectivity index (χ3v) is 4.82. The van der Waals surface area contributed by atoms with Crippen LogP contribution in [0.15, 0.2) is 36.5 Å². The molecule has 2 heterocycles. The number of nitrogens with zero attached hydrogens (tertiary/aromatic N) is 2. The van der Waals surface area contributed by atoms with Gasteiger partial charge in [0.05, 0.1) is 12.6 Å². The fraction of sp³-hybridized carbons (Fsp3) is 0.312. The summed E-state index contributed by atoms with van der Waals surface area (Å²) >= 11 is 1.35. The molecule has 1 aromatic heterocycles. The number of carbonyl (C=O) groups excluding carboxylic acids is 1. The van der Waals surface area contributed by atoms with Crippen LogP contribution in [0.2, 0.25) is 0 Å². The molecule has 114 valence electrons. The second kappa shape index (κ2) is 6.27. The minimum Gasteiger partial charge on any atom is -0.481 e. The van der Waals surface area contributed by atoms with Crippen molar-refractivity contribution in [3.8, 4) is 10.6 Å². The Hall–Kier alpha value is -2.21. The molecule has 1 aliphatic rings. The third-order valence-electron chi connectivity index (χ3n) is 3.79. The van der Waals surface area contributed by atoms with E-state index >= 15 is 0 Å². The van der Waals surface area contributed by atoms with E-state index in [1.54, 1.807) is 11.1 Å². The van der Waals surface area contributed by atoms with Crippen molar-refractivity contribution in [3.63, 3.8) is 0 Å². The first-order valence-electron chi connectivity index (χ1n) is 7.19. The van der Waals surface area contributed by atoms with Crippen molar-refractivity contribution >= 4 is 23.2 Å². The molecule has 22 heavy (non-hydrogen) atoms. The van der Waals surface area contributed by atoms with E-state index in [4.69, 9.17) is 5.11 Å². The summed E-state index contributed by atoms with van der Waals surface area (Å²) in [5.74, 6) is -0.970. The zero-order chi connectivity index (χ0) is 15.5. The Bertz CT molecular complexity index is 684. The average Bonchev–Trinajstić information content (AvgIpc) is 3.16. The molecular weight excluding hydrogens is 300 g/mol. The van der Waals surface area contributed by atoms with E-state index in [-0.39, 0.29) is 18.4 Å². The number of carboxylic acids is 1. The molecular formula is C16H16N2O3S.